The zero-order valence-electron chi connectivity index (χ0n) is 14.9. The summed E-state index contributed by atoms with van der Waals surface area (Å²) in [6.07, 6.45) is 3.27. The second-order valence-electron chi connectivity index (χ2n) is 6.42. The van der Waals surface area contributed by atoms with Crippen LogP contribution in [0, 0.1) is 0 Å². The van der Waals surface area contributed by atoms with Crippen molar-refractivity contribution in [1.82, 2.24) is 4.90 Å². The normalized spacial score (nSPS) is 17.7. The summed E-state index contributed by atoms with van der Waals surface area (Å²) in [5.41, 5.74) is 1.90. The maximum atomic E-state index is 13.0. The molecule has 1 aliphatic heterocycles. The Balaban J connectivity index is 1.80. The van der Waals surface area contributed by atoms with E-state index in [2.05, 4.69) is 12.1 Å². The van der Waals surface area contributed by atoms with Crippen molar-refractivity contribution in [2.24, 2.45) is 0 Å². The second-order valence-corrected chi connectivity index (χ2v) is 6.42. The zero-order chi connectivity index (χ0) is 17.6. The van der Waals surface area contributed by atoms with Gasteiger partial charge in [0.1, 0.15) is 11.5 Å². The van der Waals surface area contributed by atoms with Gasteiger partial charge in [-0.15, -0.1) is 0 Å². The number of hydrogen-bond acceptors (Lipinski definition) is 3. The molecule has 0 radical (unpaired) electrons. The van der Waals surface area contributed by atoms with Gasteiger partial charge in [-0.1, -0.05) is 30.7 Å². The first-order valence-electron chi connectivity index (χ1n) is 8.79. The number of hydrogen-bond donors (Lipinski definition) is 0. The lowest BCUT2D eigenvalue weighted by molar-refractivity contribution is 0.0751. The fraction of sp³-hybridized carbons (Fsp3) is 0.381. The minimum absolute atomic E-state index is 0.0536. The van der Waals surface area contributed by atoms with Crippen molar-refractivity contribution in [2.45, 2.75) is 25.2 Å². The first-order valence-corrected chi connectivity index (χ1v) is 8.79. The van der Waals surface area contributed by atoms with Gasteiger partial charge in [-0.3, -0.25) is 4.79 Å². The van der Waals surface area contributed by atoms with E-state index in [0.29, 0.717) is 17.2 Å². The Hall–Kier alpha value is -2.49. The smallest absolute Gasteiger partial charge is 0.257 e. The van der Waals surface area contributed by atoms with Crippen molar-refractivity contribution in [2.75, 3.05) is 27.3 Å². The van der Waals surface area contributed by atoms with Crippen molar-refractivity contribution in [3.63, 3.8) is 0 Å². The van der Waals surface area contributed by atoms with Gasteiger partial charge in [0.05, 0.1) is 19.8 Å². The molecule has 25 heavy (non-hydrogen) atoms. The third-order valence-corrected chi connectivity index (χ3v) is 4.88. The topological polar surface area (TPSA) is 38.8 Å². The van der Waals surface area contributed by atoms with Gasteiger partial charge >= 0.3 is 0 Å². The average Bonchev–Trinajstić information content (AvgIpc) is 2.93. The van der Waals surface area contributed by atoms with Crippen LogP contribution in [0.4, 0.5) is 0 Å². The van der Waals surface area contributed by atoms with Crippen LogP contribution in [0.2, 0.25) is 0 Å². The van der Waals surface area contributed by atoms with Gasteiger partial charge in [0, 0.05) is 19.0 Å². The van der Waals surface area contributed by atoms with Gasteiger partial charge in [0.2, 0.25) is 0 Å². The molecule has 1 fully saturated rings. The number of carbonyl (C=O) groups is 1. The predicted octanol–water partition coefficient (Wildman–Crippen LogP) is 4.11. The van der Waals surface area contributed by atoms with Crippen LogP contribution in [0.15, 0.2) is 48.5 Å². The number of carbonyl (C=O) groups excluding carboxylic acids is 1. The molecule has 0 spiro atoms. The molecule has 4 heteroatoms. The van der Waals surface area contributed by atoms with Gasteiger partial charge in [0.25, 0.3) is 5.91 Å². The van der Waals surface area contributed by atoms with Crippen LogP contribution in [0.25, 0.3) is 0 Å². The highest BCUT2D eigenvalue weighted by Crippen LogP contribution is 2.29. The van der Waals surface area contributed by atoms with Crippen LogP contribution in [-0.4, -0.2) is 38.1 Å². The SMILES string of the molecule is COc1ccc(C2CCCCN(C(=O)c3ccccc3OC)C2)cc1. The number of benzene rings is 2. The van der Waals surface area contributed by atoms with Crippen molar-refractivity contribution < 1.29 is 14.3 Å². The molecule has 0 N–H and O–H groups in total. The van der Waals surface area contributed by atoms with E-state index in [-0.39, 0.29) is 5.91 Å². The molecule has 0 aromatic heterocycles. The third-order valence-electron chi connectivity index (χ3n) is 4.88. The van der Waals surface area contributed by atoms with Crippen molar-refractivity contribution >= 4 is 5.91 Å². The number of para-hydroxylation sites is 1. The summed E-state index contributed by atoms with van der Waals surface area (Å²) in [5.74, 6) is 1.90. The summed E-state index contributed by atoms with van der Waals surface area (Å²) in [6, 6.07) is 15.7. The van der Waals surface area contributed by atoms with E-state index in [1.54, 1.807) is 14.2 Å². The number of rotatable bonds is 4. The highest BCUT2D eigenvalue weighted by atomic mass is 16.5. The molecule has 0 saturated carbocycles. The van der Waals surface area contributed by atoms with Gasteiger partial charge in [0.15, 0.2) is 0 Å². The molecule has 4 nitrogen and oxygen atoms in total. The van der Waals surface area contributed by atoms with Crippen LogP contribution in [0.1, 0.15) is 41.1 Å². The number of nitrogens with zero attached hydrogens (tertiary/aromatic N) is 1. The fourth-order valence-corrected chi connectivity index (χ4v) is 3.47. The monoisotopic (exact) mass is 339 g/mol. The molecule has 0 aliphatic carbocycles. The standard InChI is InChI=1S/C21H25NO3/c1-24-18-12-10-16(11-13-18)17-7-5-6-14-22(15-17)21(23)19-8-3-4-9-20(19)25-2/h3-4,8-13,17H,5-7,14-15H2,1-2H3. The number of likely N-dealkylation sites (tertiary alicyclic amines) is 1. The van der Waals surface area contributed by atoms with Gasteiger partial charge < -0.3 is 14.4 Å². The zero-order valence-corrected chi connectivity index (χ0v) is 14.9. The summed E-state index contributed by atoms with van der Waals surface area (Å²) in [5, 5.41) is 0. The van der Waals surface area contributed by atoms with E-state index in [9.17, 15) is 4.79 Å². The molecule has 1 atom stereocenters. The summed E-state index contributed by atoms with van der Waals surface area (Å²) in [4.78, 5) is 15.0. The van der Waals surface area contributed by atoms with E-state index in [4.69, 9.17) is 9.47 Å². The highest BCUT2D eigenvalue weighted by molar-refractivity contribution is 5.97. The van der Waals surface area contributed by atoms with Crippen LogP contribution < -0.4 is 9.47 Å². The molecule has 2 aromatic carbocycles. The lowest BCUT2D eigenvalue weighted by Crippen LogP contribution is -2.34. The Morgan fingerprint density at radius 1 is 1.00 bits per heavy atom. The van der Waals surface area contributed by atoms with Crippen LogP contribution in [0.3, 0.4) is 0 Å². The molecule has 132 valence electrons. The number of amides is 1. The van der Waals surface area contributed by atoms with Crippen LogP contribution in [-0.2, 0) is 0 Å². The van der Waals surface area contributed by atoms with E-state index in [0.717, 1.165) is 38.1 Å². The first kappa shape index (κ1) is 17.3. The predicted molar refractivity (Wildman–Crippen MR) is 98.5 cm³/mol. The largest absolute Gasteiger partial charge is 0.497 e. The maximum absolute atomic E-state index is 13.0. The molecular weight excluding hydrogens is 314 g/mol. The summed E-state index contributed by atoms with van der Waals surface area (Å²) in [7, 11) is 3.28. The Morgan fingerprint density at radius 3 is 2.48 bits per heavy atom. The lowest BCUT2D eigenvalue weighted by Gasteiger charge is -2.25. The van der Waals surface area contributed by atoms with Gasteiger partial charge in [-0.2, -0.15) is 0 Å². The Labute approximate surface area is 149 Å². The van der Waals surface area contributed by atoms with E-state index >= 15 is 0 Å². The molecule has 2 aromatic rings. The Morgan fingerprint density at radius 2 is 1.76 bits per heavy atom. The molecular formula is C21H25NO3. The maximum Gasteiger partial charge on any atom is 0.257 e. The van der Waals surface area contributed by atoms with Gasteiger partial charge in [-0.25, -0.2) is 0 Å². The fourth-order valence-electron chi connectivity index (χ4n) is 3.47. The second kappa shape index (κ2) is 8.06. The molecule has 1 saturated heterocycles. The minimum Gasteiger partial charge on any atom is -0.497 e. The lowest BCUT2D eigenvalue weighted by atomic mass is 9.94. The molecule has 0 bridgehead atoms. The van der Waals surface area contributed by atoms with E-state index in [1.165, 1.54) is 5.56 Å². The van der Waals surface area contributed by atoms with Gasteiger partial charge in [-0.05, 0) is 42.7 Å². The summed E-state index contributed by atoms with van der Waals surface area (Å²) < 4.78 is 10.6. The first-order chi connectivity index (χ1) is 12.2. The molecule has 1 heterocycles. The van der Waals surface area contributed by atoms with Crippen molar-refractivity contribution in [3.05, 3.63) is 59.7 Å². The van der Waals surface area contributed by atoms with Crippen molar-refractivity contribution in [1.29, 1.82) is 0 Å². The quantitative estimate of drug-likeness (QED) is 0.841. The van der Waals surface area contributed by atoms with Crippen molar-refractivity contribution in [3.8, 4) is 11.5 Å². The van der Waals surface area contributed by atoms with Crippen LogP contribution >= 0.6 is 0 Å². The number of ether oxygens (including phenoxy) is 2. The van der Waals surface area contributed by atoms with Crippen LogP contribution in [0.5, 0.6) is 11.5 Å². The molecule has 1 aliphatic rings. The Kier molecular flexibility index (Phi) is 5.59. The van der Waals surface area contributed by atoms with E-state index in [1.807, 2.05) is 41.3 Å². The summed E-state index contributed by atoms with van der Waals surface area (Å²) in [6.45, 7) is 1.53. The Bertz CT molecular complexity index is 711. The number of methoxy groups -OCH3 is 2. The minimum atomic E-state index is 0.0536. The molecule has 1 amide bonds. The highest BCUT2D eigenvalue weighted by Gasteiger charge is 2.25. The summed E-state index contributed by atoms with van der Waals surface area (Å²) >= 11 is 0. The van der Waals surface area contributed by atoms with E-state index < -0.39 is 0 Å². The molecule has 3 rings (SSSR count). The third kappa shape index (κ3) is 3.95. The average molecular weight is 339 g/mol. The molecule has 1 unspecified atom stereocenters.